The number of carbonyl (C=O) groups is 1. The molecular formula is C13H17NO3. The van der Waals surface area contributed by atoms with Gasteiger partial charge >= 0.3 is 5.97 Å². The molecule has 4 nitrogen and oxygen atoms in total. The number of carboxylic acid groups (broad SMARTS) is 1. The summed E-state index contributed by atoms with van der Waals surface area (Å²) in [5, 5.41) is 8.73. The van der Waals surface area contributed by atoms with Crippen LogP contribution in [0, 0.1) is 0 Å². The van der Waals surface area contributed by atoms with E-state index in [0.717, 1.165) is 6.42 Å². The van der Waals surface area contributed by atoms with Crippen LogP contribution in [0.4, 0.5) is 0 Å². The molecule has 1 N–H and O–H groups in total. The van der Waals surface area contributed by atoms with E-state index in [1.165, 1.54) is 11.1 Å². The van der Waals surface area contributed by atoms with Crippen LogP contribution in [0.3, 0.4) is 0 Å². The van der Waals surface area contributed by atoms with Crippen molar-refractivity contribution in [3.05, 3.63) is 35.4 Å². The number of nitrogens with zero attached hydrogens (tertiary/aromatic N) is 1. The van der Waals surface area contributed by atoms with Crippen LogP contribution in [-0.2, 0) is 16.0 Å². The largest absolute Gasteiger partial charge is 0.480 e. The first kappa shape index (κ1) is 12.1. The van der Waals surface area contributed by atoms with Gasteiger partial charge in [0.25, 0.3) is 0 Å². The van der Waals surface area contributed by atoms with Gasteiger partial charge in [-0.15, -0.1) is 0 Å². The molecule has 0 fully saturated rings. The molecule has 0 bridgehead atoms. The first-order valence-electron chi connectivity index (χ1n) is 5.76. The quantitative estimate of drug-likeness (QED) is 0.855. The Hall–Kier alpha value is -1.39. The van der Waals surface area contributed by atoms with E-state index in [9.17, 15) is 4.79 Å². The maximum Gasteiger partial charge on any atom is 0.317 e. The Kier molecular flexibility index (Phi) is 3.76. The predicted octanol–water partition coefficient (Wildman–Crippen LogP) is 1.32. The fourth-order valence-electron chi connectivity index (χ4n) is 2.21. The zero-order valence-corrected chi connectivity index (χ0v) is 9.93. The summed E-state index contributed by atoms with van der Waals surface area (Å²) in [6.45, 7) is 1.37. The Morgan fingerprint density at radius 2 is 2.29 bits per heavy atom. The minimum Gasteiger partial charge on any atom is -0.480 e. The molecule has 1 aromatic carbocycles. The van der Waals surface area contributed by atoms with E-state index in [1.54, 1.807) is 11.9 Å². The van der Waals surface area contributed by atoms with Crippen LogP contribution in [0.1, 0.15) is 17.2 Å². The van der Waals surface area contributed by atoms with Crippen LogP contribution in [0.15, 0.2) is 24.3 Å². The number of rotatable bonds is 4. The topological polar surface area (TPSA) is 49.8 Å². The van der Waals surface area contributed by atoms with Gasteiger partial charge in [-0.25, -0.2) is 0 Å². The van der Waals surface area contributed by atoms with Crippen molar-refractivity contribution in [2.45, 2.75) is 12.5 Å². The highest BCUT2D eigenvalue weighted by atomic mass is 16.5. The van der Waals surface area contributed by atoms with Crippen molar-refractivity contribution < 1.29 is 14.6 Å². The second-order valence-electron chi connectivity index (χ2n) is 4.40. The van der Waals surface area contributed by atoms with E-state index < -0.39 is 5.97 Å². The van der Waals surface area contributed by atoms with E-state index in [0.29, 0.717) is 13.2 Å². The highest BCUT2D eigenvalue weighted by Crippen LogP contribution is 2.27. The summed E-state index contributed by atoms with van der Waals surface area (Å²) >= 11 is 0. The number of aliphatic carboxylic acids is 1. The lowest BCUT2D eigenvalue weighted by atomic mass is 9.97. The third-order valence-corrected chi connectivity index (χ3v) is 2.98. The van der Waals surface area contributed by atoms with Crippen molar-refractivity contribution in [2.24, 2.45) is 0 Å². The number of fused-ring (bicyclic) bond motifs is 1. The summed E-state index contributed by atoms with van der Waals surface area (Å²) in [4.78, 5) is 12.4. The van der Waals surface area contributed by atoms with Gasteiger partial charge in [-0.2, -0.15) is 0 Å². The molecule has 0 saturated carbocycles. The van der Waals surface area contributed by atoms with Gasteiger partial charge in [0, 0.05) is 6.54 Å². The molecular weight excluding hydrogens is 218 g/mol. The van der Waals surface area contributed by atoms with Crippen molar-refractivity contribution in [3.8, 4) is 0 Å². The molecule has 1 atom stereocenters. The maximum atomic E-state index is 10.6. The Morgan fingerprint density at radius 1 is 1.53 bits per heavy atom. The number of hydrogen-bond donors (Lipinski definition) is 1. The first-order valence-corrected chi connectivity index (χ1v) is 5.76. The maximum absolute atomic E-state index is 10.6. The lowest BCUT2D eigenvalue weighted by molar-refractivity contribution is -0.138. The molecule has 0 saturated heterocycles. The van der Waals surface area contributed by atoms with Gasteiger partial charge in [-0.1, -0.05) is 24.3 Å². The second kappa shape index (κ2) is 5.29. The molecule has 0 unspecified atom stereocenters. The molecule has 17 heavy (non-hydrogen) atoms. The second-order valence-corrected chi connectivity index (χ2v) is 4.40. The van der Waals surface area contributed by atoms with Gasteiger partial charge in [-0.3, -0.25) is 9.69 Å². The zero-order valence-electron chi connectivity index (χ0n) is 9.93. The molecule has 1 aliphatic heterocycles. The monoisotopic (exact) mass is 235 g/mol. The van der Waals surface area contributed by atoms with Gasteiger partial charge in [0.05, 0.1) is 19.3 Å². The molecule has 0 aromatic heterocycles. The average Bonchev–Trinajstić information content (AvgIpc) is 2.28. The molecule has 4 heteroatoms. The van der Waals surface area contributed by atoms with Gasteiger partial charge in [0.1, 0.15) is 0 Å². The van der Waals surface area contributed by atoms with Gasteiger partial charge in [-0.05, 0) is 24.6 Å². The van der Waals surface area contributed by atoms with Crippen LogP contribution in [0.25, 0.3) is 0 Å². The molecule has 0 amide bonds. The normalized spacial score (nSPS) is 19.1. The summed E-state index contributed by atoms with van der Waals surface area (Å²) in [5.41, 5.74) is 2.50. The molecule has 0 aliphatic carbocycles. The average molecular weight is 235 g/mol. The summed E-state index contributed by atoms with van der Waals surface area (Å²) < 4.78 is 5.72. The van der Waals surface area contributed by atoms with Crippen molar-refractivity contribution in [2.75, 3.05) is 26.7 Å². The number of hydrogen-bond acceptors (Lipinski definition) is 3. The Morgan fingerprint density at radius 3 is 3.06 bits per heavy atom. The van der Waals surface area contributed by atoms with E-state index in [2.05, 4.69) is 12.1 Å². The van der Waals surface area contributed by atoms with Crippen LogP contribution >= 0.6 is 0 Å². The predicted molar refractivity (Wildman–Crippen MR) is 64.0 cm³/mol. The van der Waals surface area contributed by atoms with Crippen LogP contribution < -0.4 is 0 Å². The molecule has 2 rings (SSSR count). The first-order chi connectivity index (χ1) is 8.16. The molecule has 0 spiro atoms. The van der Waals surface area contributed by atoms with Crippen molar-refractivity contribution >= 4 is 5.97 Å². The smallest absolute Gasteiger partial charge is 0.317 e. The van der Waals surface area contributed by atoms with E-state index in [4.69, 9.17) is 9.84 Å². The summed E-state index contributed by atoms with van der Waals surface area (Å²) in [7, 11) is 1.80. The fourth-order valence-corrected chi connectivity index (χ4v) is 2.21. The number of likely N-dealkylation sites (N-methyl/N-ethyl adjacent to an activating group) is 1. The summed E-state index contributed by atoms with van der Waals surface area (Å²) in [5.74, 6) is -0.809. The SMILES string of the molecule is CN(CC(=O)O)C[C@@H]1OCCc2ccccc21. The lowest BCUT2D eigenvalue weighted by Crippen LogP contribution is -2.32. The Bertz CT molecular complexity index is 405. The zero-order chi connectivity index (χ0) is 12.3. The third kappa shape index (κ3) is 3.05. The van der Waals surface area contributed by atoms with Gasteiger partial charge in [0.2, 0.25) is 0 Å². The highest BCUT2D eigenvalue weighted by Gasteiger charge is 2.22. The van der Waals surface area contributed by atoms with Crippen molar-refractivity contribution in [1.82, 2.24) is 4.90 Å². The minimum absolute atomic E-state index is 0.00991. The van der Waals surface area contributed by atoms with E-state index >= 15 is 0 Å². The van der Waals surface area contributed by atoms with Gasteiger partial charge < -0.3 is 9.84 Å². The summed E-state index contributed by atoms with van der Waals surface area (Å²) in [6.07, 6.45) is 0.930. The van der Waals surface area contributed by atoms with Crippen LogP contribution in [-0.4, -0.2) is 42.7 Å². The minimum atomic E-state index is -0.809. The molecule has 1 heterocycles. The van der Waals surface area contributed by atoms with Crippen molar-refractivity contribution in [1.29, 1.82) is 0 Å². The van der Waals surface area contributed by atoms with E-state index in [1.807, 2.05) is 12.1 Å². The molecule has 0 radical (unpaired) electrons. The standard InChI is InChI=1S/C13H17NO3/c1-14(9-13(15)16)8-12-11-5-3-2-4-10(11)6-7-17-12/h2-5,12H,6-9H2,1H3,(H,15,16)/t12-/m0/s1. The summed E-state index contributed by atoms with van der Waals surface area (Å²) in [6, 6.07) is 8.20. The number of ether oxygens (including phenoxy) is 1. The van der Waals surface area contributed by atoms with Crippen LogP contribution in [0.5, 0.6) is 0 Å². The number of benzene rings is 1. The van der Waals surface area contributed by atoms with Gasteiger partial charge in [0.15, 0.2) is 0 Å². The lowest BCUT2D eigenvalue weighted by Gasteiger charge is -2.29. The number of carboxylic acids is 1. The van der Waals surface area contributed by atoms with E-state index in [-0.39, 0.29) is 12.6 Å². The molecule has 1 aliphatic rings. The van der Waals surface area contributed by atoms with Crippen LogP contribution in [0.2, 0.25) is 0 Å². The van der Waals surface area contributed by atoms with Crippen molar-refractivity contribution in [3.63, 3.8) is 0 Å². The Labute approximate surface area is 101 Å². The molecule has 92 valence electrons. The molecule has 1 aromatic rings. The third-order valence-electron chi connectivity index (χ3n) is 2.98. The highest BCUT2D eigenvalue weighted by molar-refractivity contribution is 5.69. The fraction of sp³-hybridized carbons (Fsp3) is 0.462. The Balaban J connectivity index is 2.05.